The summed E-state index contributed by atoms with van der Waals surface area (Å²) in [5.41, 5.74) is 2.17. The molecule has 1 unspecified atom stereocenters. The van der Waals surface area contributed by atoms with Crippen molar-refractivity contribution >= 4 is 27.8 Å². The van der Waals surface area contributed by atoms with Gasteiger partial charge in [-0.2, -0.15) is 0 Å². The lowest BCUT2D eigenvalue weighted by molar-refractivity contribution is -0.139. The molecule has 116 valence electrons. The highest BCUT2D eigenvalue weighted by atomic mass is 79.9. The predicted octanol–water partition coefficient (Wildman–Crippen LogP) is 2.79. The van der Waals surface area contributed by atoms with Crippen LogP contribution in [0.15, 0.2) is 40.0 Å². The molecule has 22 heavy (non-hydrogen) atoms. The number of halogens is 1. The zero-order chi connectivity index (χ0) is 15.9. The Morgan fingerprint density at radius 1 is 1.41 bits per heavy atom. The molecule has 1 atom stereocenters. The summed E-state index contributed by atoms with van der Waals surface area (Å²) in [6.45, 7) is 4.50. The van der Waals surface area contributed by atoms with Crippen molar-refractivity contribution in [3.8, 4) is 0 Å². The van der Waals surface area contributed by atoms with E-state index in [0.29, 0.717) is 30.8 Å². The molecule has 0 bridgehead atoms. The van der Waals surface area contributed by atoms with Crippen molar-refractivity contribution in [3.05, 3.63) is 45.6 Å². The highest BCUT2D eigenvalue weighted by Crippen LogP contribution is 2.45. The monoisotopic (exact) mass is 364 g/mol. The van der Waals surface area contributed by atoms with E-state index in [1.54, 1.807) is 18.9 Å². The number of esters is 1. The van der Waals surface area contributed by atoms with Crippen LogP contribution >= 0.6 is 15.9 Å². The van der Waals surface area contributed by atoms with E-state index in [-0.39, 0.29) is 17.9 Å². The van der Waals surface area contributed by atoms with Gasteiger partial charge in [0.25, 0.3) is 0 Å². The number of benzene rings is 1. The van der Waals surface area contributed by atoms with Crippen molar-refractivity contribution < 1.29 is 14.3 Å². The zero-order valence-electron chi connectivity index (χ0n) is 12.5. The minimum Gasteiger partial charge on any atom is -0.463 e. The normalized spacial score (nSPS) is 21.5. The van der Waals surface area contributed by atoms with Crippen LogP contribution < -0.4 is 0 Å². The fourth-order valence-electron chi connectivity index (χ4n) is 3.13. The Morgan fingerprint density at radius 3 is 2.82 bits per heavy atom. The molecule has 2 aliphatic heterocycles. The van der Waals surface area contributed by atoms with Crippen molar-refractivity contribution in [3.63, 3.8) is 0 Å². The van der Waals surface area contributed by atoms with Gasteiger partial charge in [-0.3, -0.25) is 4.79 Å². The minimum absolute atomic E-state index is 0.0221. The minimum atomic E-state index is -0.358. The molecule has 5 nitrogen and oxygen atoms in total. The van der Waals surface area contributed by atoms with E-state index >= 15 is 0 Å². The standard InChI is InChI=1S/C16H17BrN2O3/c1-3-22-16(21)14-10(2)19-13(20)8-9-18(19)15(14)11-6-4-5-7-12(11)17/h4-7,15H,3,8-9H2,1-2H3. The predicted molar refractivity (Wildman–Crippen MR) is 84.4 cm³/mol. The number of hydrazine groups is 1. The second-order valence-corrected chi connectivity index (χ2v) is 6.12. The van der Waals surface area contributed by atoms with Gasteiger partial charge >= 0.3 is 5.97 Å². The van der Waals surface area contributed by atoms with Crippen molar-refractivity contribution in [1.82, 2.24) is 10.0 Å². The van der Waals surface area contributed by atoms with Crippen LogP contribution in [0.1, 0.15) is 31.9 Å². The Bertz CT molecular complexity index is 671. The molecule has 1 amide bonds. The summed E-state index contributed by atoms with van der Waals surface area (Å²) in [5, 5.41) is 3.57. The molecule has 2 aliphatic rings. The number of ether oxygens (including phenoxy) is 1. The smallest absolute Gasteiger partial charge is 0.337 e. The average molecular weight is 365 g/mol. The number of rotatable bonds is 3. The maximum Gasteiger partial charge on any atom is 0.337 e. The molecule has 1 fully saturated rings. The number of hydrogen-bond acceptors (Lipinski definition) is 4. The van der Waals surface area contributed by atoms with Crippen LogP contribution in [-0.2, 0) is 14.3 Å². The molecule has 2 heterocycles. The van der Waals surface area contributed by atoms with Gasteiger partial charge in [-0.25, -0.2) is 14.8 Å². The Kier molecular flexibility index (Phi) is 4.06. The molecule has 1 saturated heterocycles. The first-order chi connectivity index (χ1) is 10.6. The van der Waals surface area contributed by atoms with Crippen molar-refractivity contribution in [2.45, 2.75) is 26.3 Å². The van der Waals surface area contributed by atoms with E-state index in [1.807, 2.05) is 29.3 Å². The SMILES string of the molecule is CCOC(=O)C1=C(C)N2C(=O)CCN2C1c1ccccc1Br. The van der Waals surface area contributed by atoms with Gasteiger partial charge in [-0.15, -0.1) is 0 Å². The topological polar surface area (TPSA) is 49.9 Å². The number of carbonyl (C=O) groups is 2. The Morgan fingerprint density at radius 2 is 2.14 bits per heavy atom. The number of fused-ring (bicyclic) bond motifs is 1. The molecule has 0 spiro atoms. The van der Waals surface area contributed by atoms with E-state index in [9.17, 15) is 9.59 Å². The number of hydrogen-bond donors (Lipinski definition) is 0. The highest BCUT2D eigenvalue weighted by Gasteiger charge is 2.47. The molecule has 1 aromatic rings. The summed E-state index contributed by atoms with van der Waals surface area (Å²) in [6.07, 6.45) is 0.467. The van der Waals surface area contributed by atoms with Gasteiger partial charge in [0.2, 0.25) is 5.91 Å². The van der Waals surface area contributed by atoms with Crippen LogP contribution in [0.3, 0.4) is 0 Å². The van der Waals surface area contributed by atoms with Gasteiger partial charge in [-0.05, 0) is 25.5 Å². The average Bonchev–Trinajstić information content (AvgIpc) is 2.99. The summed E-state index contributed by atoms with van der Waals surface area (Å²) in [6, 6.07) is 7.47. The molecular formula is C16H17BrN2O3. The van der Waals surface area contributed by atoms with Crippen LogP contribution in [-0.4, -0.2) is 35.0 Å². The third kappa shape index (κ3) is 2.27. The zero-order valence-corrected chi connectivity index (χ0v) is 14.1. The summed E-state index contributed by atoms with van der Waals surface area (Å²) < 4.78 is 6.12. The van der Waals surface area contributed by atoms with Crippen molar-refractivity contribution in [2.75, 3.05) is 13.2 Å². The van der Waals surface area contributed by atoms with Gasteiger partial charge < -0.3 is 4.74 Å². The van der Waals surface area contributed by atoms with Crippen LogP contribution in [0.2, 0.25) is 0 Å². The number of allylic oxidation sites excluding steroid dienone is 1. The first kappa shape index (κ1) is 15.2. The summed E-state index contributed by atoms with van der Waals surface area (Å²) in [7, 11) is 0. The lowest BCUT2D eigenvalue weighted by atomic mass is 9.98. The lowest BCUT2D eigenvalue weighted by Crippen LogP contribution is -2.34. The van der Waals surface area contributed by atoms with Crippen molar-refractivity contribution in [2.24, 2.45) is 0 Å². The molecule has 1 aromatic carbocycles. The Balaban J connectivity index is 2.11. The Hall–Kier alpha value is -1.66. The number of amides is 1. The second kappa shape index (κ2) is 5.85. The number of carbonyl (C=O) groups excluding carboxylic acids is 2. The Labute approximate surface area is 137 Å². The van der Waals surface area contributed by atoms with E-state index in [4.69, 9.17) is 4.74 Å². The van der Waals surface area contributed by atoms with Crippen LogP contribution in [0.25, 0.3) is 0 Å². The number of nitrogens with zero attached hydrogens (tertiary/aromatic N) is 2. The van der Waals surface area contributed by atoms with Gasteiger partial charge in [-0.1, -0.05) is 34.1 Å². The first-order valence-corrected chi connectivity index (χ1v) is 8.07. The van der Waals surface area contributed by atoms with Crippen molar-refractivity contribution in [1.29, 1.82) is 0 Å². The van der Waals surface area contributed by atoms with Crippen LogP contribution in [0.5, 0.6) is 0 Å². The van der Waals surface area contributed by atoms with Crippen LogP contribution in [0, 0.1) is 0 Å². The molecule has 0 N–H and O–H groups in total. The maximum atomic E-state index is 12.4. The molecule has 0 saturated carbocycles. The quantitative estimate of drug-likeness (QED) is 0.773. The molecule has 0 radical (unpaired) electrons. The lowest BCUT2D eigenvalue weighted by Gasteiger charge is -2.27. The van der Waals surface area contributed by atoms with Gasteiger partial charge in [0.1, 0.15) is 0 Å². The molecule has 0 aliphatic carbocycles. The molecular weight excluding hydrogens is 348 g/mol. The van der Waals surface area contributed by atoms with Crippen LogP contribution in [0.4, 0.5) is 0 Å². The van der Waals surface area contributed by atoms with Gasteiger partial charge in [0, 0.05) is 23.1 Å². The van der Waals surface area contributed by atoms with E-state index in [1.165, 1.54) is 0 Å². The van der Waals surface area contributed by atoms with E-state index in [2.05, 4.69) is 15.9 Å². The third-order valence-corrected chi connectivity index (χ3v) is 4.74. The van der Waals surface area contributed by atoms with Gasteiger partial charge in [0.15, 0.2) is 0 Å². The first-order valence-electron chi connectivity index (χ1n) is 7.28. The molecule has 0 aromatic heterocycles. The summed E-state index contributed by atoms with van der Waals surface area (Å²) in [5.74, 6) is -0.336. The fraction of sp³-hybridized carbons (Fsp3) is 0.375. The second-order valence-electron chi connectivity index (χ2n) is 5.26. The van der Waals surface area contributed by atoms with Gasteiger partial charge in [0.05, 0.1) is 18.2 Å². The van der Waals surface area contributed by atoms with E-state index in [0.717, 1.165) is 10.0 Å². The fourth-order valence-corrected chi connectivity index (χ4v) is 3.63. The maximum absolute atomic E-state index is 12.4. The molecule has 6 heteroatoms. The third-order valence-electron chi connectivity index (χ3n) is 4.02. The highest BCUT2D eigenvalue weighted by molar-refractivity contribution is 9.10. The van der Waals surface area contributed by atoms with E-state index < -0.39 is 0 Å². The largest absolute Gasteiger partial charge is 0.463 e. The summed E-state index contributed by atoms with van der Waals surface area (Å²) in [4.78, 5) is 24.6. The summed E-state index contributed by atoms with van der Waals surface area (Å²) >= 11 is 3.55. The molecule has 3 rings (SSSR count).